The molecule has 0 aliphatic carbocycles. The Hall–Kier alpha value is -1.60. The normalized spacial score (nSPS) is 28.6. The van der Waals surface area contributed by atoms with Crippen molar-refractivity contribution in [3.63, 3.8) is 0 Å². The maximum Gasteiger partial charge on any atom is 0.274 e. The summed E-state index contributed by atoms with van der Waals surface area (Å²) in [4.78, 5) is 30.0. The largest absolute Gasteiger partial charge is 0.376 e. The molecular formula is C17H23ClN4O3. The molecule has 3 fully saturated rings. The van der Waals surface area contributed by atoms with Gasteiger partial charge in [0.1, 0.15) is 11.7 Å². The number of fused-ring (bicyclic) bond motifs is 1. The minimum atomic E-state index is -0.461. The van der Waals surface area contributed by atoms with Crippen LogP contribution in [0.4, 0.5) is 0 Å². The lowest BCUT2D eigenvalue weighted by Gasteiger charge is -2.31. The highest BCUT2D eigenvalue weighted by Crippen LogP contribution is 2.36. The molecule has 0 N–H and O–H groups in total. The van der Waals surface area contributed by atoms with Gasteiger partial charge in [-0.2, -0.15) is 5.10 Å². The minimum Gasteiger partial charge on any atom is -0.376 e. The van der Waals surface area contributed by atoms with Crippen LogP contribution in [0.3, 0.4) is 0 Å². The Labute approximate surface area is 151 Å². The monoisotopic (exact) mass is 366 g/mol. The second kappa shape index (κ2) is 6.61. The van der Waals surface area contributed by atoms with Gasteiger partial charge in [-0.3, -0.25) is 14.3 Å². The number of hydrogen-bond acceptors (Lipinski definition) is 4. The summed E-state index contributed by atoms with van der Waals surface area (Å²) in [5.74, 6) is -0.164. The smallest absolute Gasteiger partial charge is 0.274 e. The number of nitrogens with zero attached hydrogens (tertiary/aromatic N) is 4. The minimum absolute atomic E-state index is 0.0440. The fourth-order valence-corrected chi connectivity index (χ4v) is 4.56. The van der Waals surface area contributed by atoms with Crippen LogP contribution >= 0.6 is 11.6 Å². The summed E-state index contributed by atoms with van der Waals surface area (Å²) in [6, 6.07) is -0.516. The predicted octanol–water partition coefficient (Wildman–Crippen LogP) is 1.55. The first kappa shape index (κ1) is 16.8. The van der Waals surface area contributed by atoms with E-state index in [1.165, 1.54) is 6.20 Å². The molecule has 8 heteroatoms. The van der Waals surface area contributed by atoms with E-state index in [1.54, 1.807) is 9.58 Å². The van der Waals surface area contributed by atoms with Crippen LogP contribution in [0, 0.1) is 0 Å². The van der Waals surface area contributed by atoms with Crippen molar-refractivity contribution in [1.82, 2.24) is 19.6 Å². The van der Waals surface area contributed by atoms with Gasteiger partial charge in [0.2, 0.25) is 5.91 Å². The van der Waals surface area contributed by atoms with Crippen LogP contribution in [0.1, 0.15) is 43.1 Å². The van der Waals surface area contributed by atoms with Gasteiger partial charge in [-0.25, -0.2) is 0 Å². The van der Waals surface area contributed by atoms with Crippen molar-refractivity contribution < 1.29 is 14.3 Å². The molecule has 0 spiro atoms. The van der Waals surface area contributed by atoms with Crippen molar-refractivity contribution in [2.24, 2.45) is 0 Å². The fourth-order valence-electron chi connectivity index (χ4n) is 4.34. The summed E-state index contributed by atoms with van der Waals surface area (Å²) in [6.45, 7) is 4.66. The van der Waals surface area contributed by atoms with E-state index in [4.69, 9.17) is 16.3 Å². The summed E-state index contributed by atoms with van der Waals surface area (Å²) in [5, 5.41) is 4.50. The maximum absolute atomic E-state index is 13.3. The zero-order chi connectivity index (χ0) is 17.6. The highest BCUT2D eigenvalue weighted by Gasteiger charge is 2.51. The lowest BCUT2D eigenvalue weighted by Crippen LogP contribution is -2.50. The van der Waals surface area contributed by atoms with Gasteiger partial charge in [0.25, 0.3) is 5.91 Å². The Bertz CT molecular complexity index is 685. The van der Waals surface area contributed by atoms with Crippen LogP contribution in [0.2, 0.25) is 5.02 Å². The van der Waals surface area contributed by atoms with Gasteiger partial charge in [-0.05, 0) is 26.2 Å². The summed E-state index contributed by atoms with van der Waals surface area (Å²) < 4.78 is 7.39. The third-order valence-corrected chi connectivity index (χ3v) is 5.83. The van der Waals surface area contributed by atoms with Crippen molar-refractivity contribution in [3.05, 3.63) is 16.9 Å². The molecule has 3 aliphatic rings. The number of likely N-dealkylation sites (tertiary alicyclic amines) is 2. The molecule has 3 aliphatic heterocycles. The number of rotatable bonds is 3. The van der Waals surface area contributed by atoms with Gasteiger partial charge >= 0.3 is 0 Å². The van der Waals surface area contributed by atoms with E-state index < -0.39 is 6.04 Å². The van der Waals surface area contributed by atoms with E-state index in [0.717, 1.165) is 32.4 Å². The predicted molar refractivity (Wildman–Crippen MR) is 91.4 cm³/mol. The molecular weight excluding hydrogens is 344 g/mol. The fraction of sp³-hybridized carbons (Fsp3) is 0.706. The first-order chi connectivity index (χ1) is 12.1. The number of carbonyl (C=O) groups excluding carboxylic acids is 2. The molecule has 0 radical (unpaired) electrons. The van der Waals surface area contributed by atoms with Crippen LogP contribution < -0.4 is 0 Å². The zero-order valence-electron chi connectivity index (χ0n) is 14.4. The lowest BCUT2D eigenvalue weighted by atomic mass is 10.1. The Balaban J connectivity index is 1.66. The van der Waals surface area contributed by atoms with E-state index in [1.807, 2.05) is 11.8 Å². The number of carbonyl (C=O) groups is 2. The second-order valence-corrected chi connectivity index (χ2v) is 7.33. The van der Waals surface area contributed by atoms with Crippen LogP contribution in [-0.2, 0) is 16.1 Å². The molecule has 1 aromatic heterocycles. The first-order valence-electron chi connectivity index (χ1n) is 9.06. The van der Waals surface area contributed by atoms with Gasteiger partial charge < -0.3 is 14.5 Å². The molecule has 3 atom stereocenters. The number of aryl methyl sites for hydroxylation is 1. The molecule has 4 heterocycles. The molecule has 1 aromatic rings. The molecule has 0 unspecified atom stereocenters. The number of aromatic nitrogens is 2. The first-order valence-corrected chi connectivity index (χ1v) is 9.44. The topological polar surface area (TPSA) is 67.7 Å². The van der Waals surface area contributed by atoms with Gasteiger partial charge in [-0.1, -0.05) is 11.6 Å². The molecule has 4 rings (SSSR count). The summed E-state index contributed by atoms with van der Waals surface area (Å²) in [7, 11) is 0. The van der Waals surface area contributed by atoms with Crippen molar-refractivity contribution in [1.29, 1.82) is 0 Å². The van der Waals surface area contributed by atoms with Crippen molar-refractivity contribution in [3.8, 4) is 0 Å². The van der Waals surface area contributed by atoms with E-state index in [2.05, 4.69) is 5.10 Å². The Morgan fingerprint density at radius 2 is 2.12 bits per heavy atom. The van der Waals surface area contributed by atoms with Crippen LogP contribution in [0.15, 0.2) is 6.20 Å². The number of halogens is 1. The van der Waals surface area contributed by atoms with Gasteiger partial charge in [-0.15, -0.1) is 0 Å². The lowest BCUT2D eigenvalue weighted by molar-refractivity contribution is -0.134. The molecule has 2 amide bonds. The summed E-state index contributed by atoms with van der Waals surface area (Å²) in [6.07, 6.45) is 4.84. The van der Waals surface area contributed by atoms with E-state index in [9.17, 15) is 9.59 Å². The summed E-state index contributed by atoms with van der Waals surface area (Å²) >= 11 is 6.24. The van der Waals surface area contributed by atoms with Gasteiger partial charge in [0.15, 0.2) is 0 Å². The number of hydrogen-bond donors (Lipinski definition) is 0. The van der Waals surface area contributed by atoms with Crippen molar-refractivity contribution in [2.75, 3.05) is 19.7 Å². The van der Waals surface area contributed by atoms with Gasteiger partial charge in [0, 0.05) is 32.7 Å². The quantitative estimate of drug-likeness (QED) is 0.814. The maximum atomic E-state index is 13.3. The zero-order valence-corrected chi connectivity index (χ0v) is 15.1. The molecule has 0 saturated carbocycles. The Morgan fingerprint density at radius 1 is 1.36 bits per heavy atom. The van der Waals surface area contributed by atoms with Crippen LogP contribution in [0.25, 0.3) is 0 Å². The highest BCUT2D eigenvalue weighted by atomic mass is 35.5. The molecule has 136 valence electrons. The van der Waals surface area contributed by atoms with Crippen LogP contribution in [-0.4, -0.2) is 69.3 Å². The van der Waals surface area contributed by atoms with E-state index >= 15 is 0 Å². The van der Waals surface area contributed by atoms with Crippen molar-refractivity contribution in [2.45, 2.75) is 57.3 Å². The Kier molecular flexibility index (Phi) is 4.45. The highest BCUT2D eigenvalue weighted by molar-refractivity contribution is 6.33. The van der Waals surface area contributed by atoms with Gasteiger partial charge in [0.05, 0.1) is 23.4 Å². The SMILES string of the molecule is CCn1ncc(Cl)c1C(=O)N1[C@H](C(=O)N2CCCC2)C[C@@H]2OCC[C@@H]21. The average molecular weight is 367 g/mol. The average Bonchev–Trinajstić information content (AvgIpc) is 3.36. The summed E-state index contributed by atoms with van der Waals surface area (Å²) in [5.41, 5.74) is 0.371. The number of amides is 2. The molecule has 25 heavy (non-hydrogen) atoms. The molecule has 0 bridgehead atoms. The second-order valence-electron chi connectivity index (χ2n) is 6.92. The number of ether oxygens (including phenoxy) is 1. The van der Waals surface area contributed by atoms with Crippen molar-refractivity contribution >= 4 is 23.4 Å². The molecule has 7 nitrogen and oxygen atoms in total. The third-order valence-electron chi connectivity index (χ3n) is 5.56. The van der Waals surface area contributed by atoms with E-state index in [-0.39, 0.29) is 24.0 Å². The Morgan fingerprint density at radius 3 is 2.84 bits per heavy atom. The standard InChI is InChI=1S/C17H23ClN4O3/c1-2-21-15(11(18)10-19-21)17(24)22-12-5-8-25-14(12)9-13(22)16(23)20-6-3-4-7-20/h10,12-14H,2-9H2,1H3/t12-,13-,14-/m0/s1. The molecule has 3 saturated heterocycles. The molecule has 0 aromatic carbocycles. The van der Waals surface area contributed by atoms with E-state index in [0.29, 0.717) is 30.3 Å². The third kappa shape index (κ3) is 2.73. The van der Waals surface area contributed by atoms with Crippen LogP contribution in [0.5, 0.6) is 0 Å².